The second-order valence-corrected chi connectivity index (χ2v) is 13.4. The Morgan fingerprint density at radius 1 is 0.932 bits per heavy atom. The quantitative estimate of drug-likeness (QED) is 0.189. The largest absolute Gasteiger partial charge is 0.494 e. The van der Waals surface area contributed by atoms with E-state index in [0.29, 0.717) is 40.1 Å². The van der Waals surface area contributed by atoms with Gasteiger partial charge >= 0.3 is 0 Å². The van der Waals surface area contributed by atoms with E-state index < -0.39 is 16.1 Å². The fraction of sp³-hybridized carbons (Fsp3) is 0.394. The van der Waals surface area contributed by atoms with Crippen molar-refractivity contribution in [2.24, 2.45) is 0 Å². The minimum Gasteiger partial charge on any atom is -0.494 e. The maximum atomic E-state index is 14.0. The number of benzene rings is 3. The molecule has 238 valence electrons. The van der Waals surface area contributed by atoms with Gasteiger partial charge in [0.05, 0.1) is 28.6 Å². The normalized spacial score (nSPS) is 12.7. The molecule has 3 aromatic rings. The highest BCUT2D eigenvalue weighted by Gasteiger charge is 2.31. The van der Waals surface area contributed by atoms with Crippen LogP contribution in [0, 0.1) is 0 Å². The summed E-state index contributed by atoms with van der Waals surface area (Å²) in [6.07, 6.45) is 2.43. The van der Waals surface area contributed by atoms with Gasteiger partial charge in [0, 0.05) is 32.0 Å². The van der Waals surface area contributed by atoms with Crippen molar-refractivity contribution in [1.82, 2.24) is 10.2 Å². The van der Waals surface area contributed by atoms with Crippen LogP contribution in [0.3, 0.4) is 0 Å². The molecule has 0 aliphatic carbocycles. The van der Waals surface area contributed by atoms with E-state index in [1.54, 1.807) is 47.4 Å². The molecule has 0 heterocycles. The molecule has 44 heavy (non-hydrogen) atoms. The van der Waals surface area contributed by atoms with Gasteiger partial charge in [-0.3, -0.25) is 13.9 Å². The topological polar surface area (TPSA) is 96.0 Å². The summed E-state index contributed by atoms with van der Waals surface area (Å²) in [4.78, 5) is 29.2. The lowest BCUT2D eigenvalue weighted by atomic mass is 10.0. The standard InChI is InChI=1S/C33H41Cl2N3O5S/c1-5-24(3)36-33(40)31(22-25-11-8-7-9-12-25)37(23-26-14-19-29(34)30(35)21-26)32(39)13-10-20-38(44(4,41)42)27-15-17-28(18-16-27)43-6-2/h7-9,11-12,14-19,21,24,31H,5-6,10,13,20,22-23H2,1-4H3,(H,36,40)/t24-,31+/m0/s1. The molecule has 0 radical (unpaired) electrons. The number of amides is 2. The van der Waals surface area contributed by atoms with E-state index in [9.17, 15) is 18.0 Å². The van der Waals surface area contributed by atoms with Crippen LogP contribution in [0.1, 0.15) is 51.2 Å². The van der Waals surface area contributed by atoms with E-state index in [1.165, 1.54) is 4.31 Å². The van der Waals surface area contributed by atoms with Gasteiger partial charge in [-0.25, -0.2) is 8.42 Å². The molecule has 0 saturated heterocycles. The molecule has 11 heteroatoms. The Hall–Kier alpha value is -3.27. The summed E-state index contributed by atoms with van der Waals surface area (Å²) in [5, 5.41) is 3.78. The highest BCUT2D eigenvalue weighted by Crippen LogP contribution is 2.26. The summed E-state index contributed by atoms with van der Waals surface area (Å²) < 4.78 is 32.2. The Balaban J connectivity index is 1.89. The molecule has 0 aliphatic heterocycles. The summed E-state index contributed by atoms with van der Waals surface area (Å²) in [6.45, 7) is 6.47. The number of nitrogens with one attached hydrogen (secondary N) is 1. The van der Waals surface area contributed by atoms with E-state index in [2.05, 4.69) is 5.32 Å². The lowest BCUT2D eigenvalue weighted by Gasteiger charge is -2.33. The SMILES string of the molecule is CCOc1ccc(N(CCCC(=O)N(Cc2ccc(Cl)c(Cl)c2)[C@H](Cc2ccccc2)C(=O)N[C@@H](C)CC)S(C)(=O)=O)cc1. The fourth-order valence-corrected chi connectivity index (χ4v) is 6.00. The summed E-state index contributed by atoms with van der Waals surface area (Å²) in [5.41, 5.74) is 2.10. The van der Waals surface area contributed by atoms with E-state index in [1.807, 2.05) is 51.1 Å². The predicted molar refractivity (Wildman–Crippen MR) is 178 cm³/mol. The maximum Gasteiger partial charge on any atom is 0.243 e. The number of carbonyl (C=O) groups excluding carboxylic acids is 2. The van der Waals surface area contributed by atoms with E-state index in [-0.39, 0.29) is 43.8 Å². The minimum absolute atomic E-state index is 0.0201. The van der Waals surface area contributed by atoms with Crippen LogP contribution in [-0.4, -0.2) is 56.6 Å². The van der Waals surface area contributed by atoms with Crippen molar-refractivity contribution in [2.75, 3.05) is 23.7 Å². The Morgan fingerprint density at radius 3 is 2.20 bits per heavy atom. The third-order valence-corrected chi connectivity index (χ3v) is 9.13. The number of nitrogens with zero attached hydrogens (tertiary/aromatic N) is 2. The van der Waals surface area contributed by atoms with Crippen molar-refractivity contribution in [2.45, 2.75) is 65.1 Å². The number of ether oxygens (including phenoxy) is 1. The summed E-state index contributed by atoms with van der Waals surface area (Å²) in [6, 6.07) is 20.5. The molecule has 0 bridgehead atoms. The Morgan fingerprint density at radius 2 is 1.61 bits per heavy atom. The van der Waals surface area contributed by atoms with Crippen molar-refractivity contribution in [3.05, 3.63) is 94.0 Å². The van der Waals surface area contributed by atoms with Gasteiger partial charge in [0.2, 0.25) is 21.8 Å². The molecule has 8 nitrogen and oxygen atoms in total. The molecule has 0 spiro atoms. The van der Waals surface area contributed by atoms with Crippen LogP contribution in [0.4, 0.5) is 5.69 Å². The van der Waals surface area contributed by atoms with Gasteiger partial charge in [0.1, 0.15) is 11.8 Å². The number of halogens is 2. The average Bonchev–Trinajstić information content (AvgIpc) is 2.99. The lowest BCUT2D eigenvalue weighted by molar-refractivity contribution is -0.141. The van der Waals surface area contributed by atoms with Crippen LogP contribution in [0.5, 0.6) is 5.75 Å². The monoisotopic (exact) mass is 661 g/mol. The first-order valence-electron chi connectivity index (χ1n) is 14.7. The molecule has 3 aromatic carbocycles. The Kier molecular flexibility index (Phi) is 13.4. The van der Waals surface area contributed by atoms with Crippen LogP contribution in [0.15, 0.2) is 72.8 Å². The lowest BCUT2D eigenvalue weighted by Crippen LogP contribution is -2.52. The van der Waals surface area contributed by atoms with Crippen molar-refractivity contribution in [1.29, 1.82) is 0 Å². The number of carbonyl (C=O) groups is 2. The molecule has 0 fully saturated rings. The van der Waals surface area contributed by atoms with Crippen molar-refractivity contribution in [3.63, 3.8) is 0 Å². The first kappa shape index (κ1) is 35.2. The second kappa shape index (κ2) is 16.7. The first-order valence-corrected chi connectivity index (χ1v) is 17.3. The molecular weight excluding hydrogens is 621 g/mol. The maximum absolute atomic E-state index is 14.0. The Labute approximate surface area is 271 Å². The minimum atomic E-state index is -3.63. The van der Waals surface area contributed by atoms with Crippen LogP contribution < -0.4 is 14.4 Å². The number of hydrogen-bond donors (Lipinski definition) is 1. The highest BCUT2D eigenvalue weighted by atomic mass is 35.5. The summed E-state index contributed by atoms with van der Waals surface area (Å²) >= 11 is 12.4. The zero-order valence-electron chi connectivity index (χ0n) is 25.6. The predicted octanol–water partition coefficient (Wildman–Crippen LogP) is 6.49. The number of rotatable bonds is 16. The summed E-state index contributed by atoms with van der Waals surface area (Å²) in [5.74, 6) is 0.0955. The molecule has 3 rings (SSSR count). The molecule has 0 unspecified atom stereocenters. The van der Waals surface area contributed by atoms with Gasteiger partial charge in [-0.1, -0.05) is 66.5 Å². The Bertz CT molecular complexity index is 1490. The molecule has 2 atom stereocenters. The van der Waals surface area contributed by atoms with Crippen molar-refractivity contribution >= 4 is 50.7 Å². The highest BCUT2D eigenvalue weighted by molar-refractivity contribution is 7.92. The van der Waals surface area contributed by atoms with E-state index in [0.717, 1.165) is 18.2 Å². The van der Waals surface area contributed by atoms with Crippen molar-refractivity contribution in [3.8, 4) is 5.75 Å². The number of sulfonamides is 1. The zero-order chi connectivity index (χ0) is 32.3. The summed E-state index contributed by atoms with van der Waals surface area (Å²) in [7, 11) is -3.63. The average molecular weight is 663 g/mol. The van der Waals surface area contributed by atoms with E-state index >= 15 is 0 Å². The van der Waals surface area contributed by atoms with Gasteiger partial charge in [-0.15, -0.1) is 0 Å². The molecule has 2 amide bonds. The van der Waals surface area contributed by atoms with Crippen molar-refractivity contribution < 1.29 is 22.7 Å². The molecule has 0 aromatic heterocycles. The van der Waals surface area contributed by atoms with Gasteiger partial charge in [0.15, 0.2) is 0 Å². The van der Waals surface area contributed by atoms with E-state index in [4.69, 9.17) is 27.9 Å². The number of anilines is 1. The number of hydrogen-bond acceptors (Lipinski definition) is 5. The third kappa shape index (κ3) is 10.4. The molecule has 0 aliphatic rings. The first-order chi connectivity index (χ1) is 20.9. The fourth-order valence-electron chi connectivity index (χ4n) is 4.71. The van der Waals surface area contributed by atoms with Gasteiger partial charge in [-0.2, -0.15) is 0 Å². The zero-order valence-corrected chi connectivity index (χ0v) is 28.0. The van der Waals surface area contributed by atoms with Crippen LogP contribution >= 0.6 is 23.2 Å². The van der Waals surface area contributed by atoms with Crippen LogP contribution in [0.25, 0.3) is 0 Å². The van der Waals surface area contributed by atoms with Crippen LogP contribution in [-0.2, 0) is 32.6 Å². The molecule has 0 saturated carbocycles. The van der Waals surface area contributed by atoms with Gasteiger partial charge < -0.3 is 15.0 Å². The molecular formula is C33H41Cl2N3O5S. The third-order valence-electron chi connectivity index (χ3n) is 7.20. The molecule has 1 N–H and O–H groups in total. The van der Waals surface area contributed by atoms with Gasteiger partial charge in [-0.05, 0) is 74.2 Å². The second-order valence-electron chi connectivity index (χ2n) is 10.7. The van der Waals surface area contributed by atoms with Gasteiger partial charge in [0.25, 0.3) is 0 Å². The smallest absolute Gasteiger partial charge is 0.243 e. The van der Waals surface area contributed by atoms with Crippen LogP contribution in [0.2, 0.25) is 10.0 Å².